The van der Waals surface area contributed by atoms with Crippen molar-refractivity contribution in [2.45, 2.75) is 31.6 Å². The zero-order valence-corrected chi connectivity index (χ0v) is 18.7. The number of benzene rings is 2. The quantitative estimate of drug-likeness (QED) is 0.376. The molecule has 2 amide bonds. The van der Waals surface area contributed by atoms with E-state index >= 15 is 0 Å². The highest BCUT2D eigenvalue weighted by Crippen LogP contribution is 2.22. The highest BCUT2D eigenvalue weighted by Gasteiger charge is 2.21. The summed E-state index contributed by atoms with van der Waals surface area (Å²) in [6.45, 7) is 7.91. The Hall–Kier alpha value is -3.46. The van der Waals surface area contributed by atoms with Gasteiger partial charge in [-0.1, -0.05) is 36.0 Å². The SMILES string of the molecule is C=CCn1c(SCC(=O)Nc2ccc(F)cc2)nnc1[C@H](C)NC(=O)c1ccccc1C. The molecule has 0 spiro atoms. The summed E-state index contributed by atoms with van der Waals surface area (Å²) in [5, 5.41) is 14.6. The van der Waals surface area contributed by atoms with E-state index in [9.17, 15) is 14.0 Å². The smallest absolute Gasteiger partial charge is 0.252 e. The van der Waals surface area contributed by atoms with E-state index < -0.39 is 6.04 Å². The number of carbonyl (C=O) groups excluding carboxylic acids is 2. The lowest BCUT2D eigenvalue weighted by Crippen LogP contribution is -2.29. The van der Waals surface area contributed by atoms with E-state index in [4.69, 9.17) is 0 Å². The van der Waals surface area contributed by atoms with Crippen LogP contribution in [0.4, 0.5) is 10.1 Å². The Morgan fingerprint density at radius 2 is 1.91 bits per heavy atom. The minimum atomic E-state index is -0.406. The van der Waals surface area contributed by atoms with Crippen LogP contribution in [-0.2, 0) is 11.3 Å². The van der Waals surface area contributed by atoms with Crippen molar-refractivity contribution in [3.8, 4) is 0 Å². The molecule has 0 aliphatic heterocycles. The van der Waals surface area contributed by atoms with Crippen LogP contribution in [0.25, 0.3) is 0 Å². The first-order valence-corrected chi connectivity index (χ1v) is 11.0. The number of allylic oxidation sites excluding steroid dienone is 1. The normalized spacial score (nSPS) is 11.6. The fourth-order valence-electron chi connectivity index (χ4n) is 3.05. The van der Waals surface area contributed by atoms with Gasteiger partial charge in [0.2, 0.25) is 5.91 Å². The van der Waals surface area contributed by atoms with E-state index in [0.29, 0.717) is 28.8 Å². The summed E-state index contributed by atoms with van der Waals surface area (Å²) in [4.78, 5) is 24.9. The molecule has 7 nitrogen and oxygen atoms in total. The van der Waals surface area contributed by atoms with Gasteiger partial charge in [0.1, 0.15) is 5.82 Å². The van der Waals surface area contributed by atoms with Crippen molar-refractivity contribution in [3.63, 3.8) is 0 Å². The van der Waals surface area contributed by atoms with E-state index in [1.165, 1.54) is 36.0 Å². The summed E-state index contributed by atoms with van der Waals surface area (Å²) in [6.07, 6.45) is 1.70. The molecule has 0 unspecified atom stereocenters. The fraction of sp³-hybridized carbons (Fsp3) is 0.217. The maximum atomic E-state index is 13.0. The molecular weight excluding hydrogens is 429 g/mol. The van der Waals surface area contributed by atoms with E-state index in [2.05, 4.69) is 27.4 Å². The molecule has 2 N–H and O–H groups in total. The maximum Gasteiger partial charge on any atom is 0.252 e. The summed E-state index contributed by atoms with van der Waals surface area (Å²) in [5.74, 6) is -0.162. The third kappa shape index (κ3) is 5.82. The predicted molar refractivity (Wildman–Crippen MR) is 123 cm³/mol. The summed E-state index contributed by atoms with van der Waals surface area (Å²) in [5.41, 5.74) is 1.99. The van der Waals surface area contributed by atoms with Gasteiger partial charge in [0.15, 0.2) is 11.0 Å². The average Bonchev–Trinajstić information content (AvgIpc) is 3.17. The van der Waals surface area contributed by atoms with Gasteiger partial charge >= 0.3 is 0 Å². The van der Waals surface area contributed by atoms with Crippen LogP contribution in [0.1, 0.15) is 34.7 Å². The first-order chi connectivity index (χ1) is 15.4. The number of thioether (sulfide) groups is 1. The highest BCUT2D eigenvalue weighted by atomic mass is 32.2. The van der Waals surface area contributed by atoms with Gasteiger partial charge in [-0.25, -0.2) is 4.39 Å². The van der Waals surface area contributed by atoms with Crippen molar-refractivity contribution >= 4 is 29.3 Å². The van der Waals surface area contributed by atoms with Crippen LogP contribution in [0.15, 0.2) is 66.3 Å². The topological polar surface area (TPSA) is 88.9 Å². The monoisotopic (exact) mass is 453 g/mol. The van der Waals surface area contributed by atoms with E-state index in [1.807, 2.05) is 36.6 Å². The molecule has 3 aromatic rings. The Morgan fingerprint density at radius 3 is 2.59 bits per heavy atom. The molecule has 0 aliphatic carbocycles. The highest BCUT2D eigenvalue weighted by molar-refractivity contribution is 7.99. The first-order valence-electron chi connectivity index (χ1n) is 9.97. The number of carbonyl (C=O) groups is 2. The number of nitrogens with one attached hydrogen (secondary N) is 2. The van der Waals surface area contributed by atoms with Crippen LogP contribution < -0.4 is 10.6 Å². The minimum Gasteiger partial charge on any atom is -0.342 e. The Balaban J connectivity index is 1.67. The molecule has 166 valence electrons. The van der Waals surface area contributed by atoms with Gasteiger partial charge < -0.3 is 15.2 Å². The van der Waals surface area contributed by atoms with E-state index in [1.54, 1.807) is 12.1 Å². The number of nitrogens with zero attached hydrogens (tertiary/aromatic N) is 3. The molecule has 0 aliphatic rings. The molecule has 1 heterocycles. The minimum absolute atomic E-state index is 0.0939. The van der Waals surface area contributed by atoms with Crippen LogP contribution in [0.3, 0.4) is 0 Å². The van der Waals surface area contributed by atoms with Crippen molar-refractivity contribution in [3.05, 3.63) is 84.0 Å². The van der Waals surface area contributed by atoms with Gasteiger partial charge in [-0.3, -0.25) is 9.59 Å². The average molecular weight is 454 g/mol. The molecule has 1 aromatic heterocycles. The summed E-state index contributed by atoms with van der Waals surface area (Å²) in [7, 11) is 0. The van der Waals surface area contributed by atoms with Crippen molar-refractivity contribution in [1.82, 2.24) is 20.1 Å². The van der Waals surface area contributed by atoms with Gasteiger partial charge in [-0.15, -0.1) is 16.8 Å². The van der Waals surface area contributed by atoms with Crippen molar-refractivity contribution < 1.29 is 14.0 Å². The van der Waals surface area contributed by atoms with Gasteiger partial charge in [0, 0.05) is 17.8 Å². The Labute approximate surface area is 190 Å². The van der Waals surface area contributed by atoms with Crippen LogP contribution >= 0.6 is 11.8 Å². The van der Waals surface area contributed by atoms with Crippen LogP contribution in [0.5, 0.6) is 0 Å². The summed E-state index contributed by atoms with van der Waals surface area (Å²) < 4.78 is 14.8. The lowest BCUT2D eigenvalue weighted by atomic mass is 10.1. The van der Waals surface area contributed by atoms with Crippen molar-refractivity contribution in [2.24, 2.45) is 0 Å². The number of aromatic nitrogens is 3. The van der Waals surface area contributed by atoms with Crippen LogP contribution in [-0.4, -0.2) is 32.3 Å². The predicted octanol–water partition coefficient (Wildman–Crippen LogP) is 4.13. The Morgan fingerprint density at radius 1 is 1.19 bits per heavy atom. The van der Waals surface area contributed by atoms with Gasteiger partial charge in [0.25, 0.3) is 5.91 Å². The lowest BCUT2D eigenvalue weighted by molar-refractivity contribution is -0.113. The van der Waals surface area contributed by atoms with Crippen molar-refractivity contribution in [1.29, 1.82) is 0 Å². The van der Waals surface area contributed by atoms with Gasteiger partial charge in [-0.2, -0.15) is 0 Å². The number of aryl methyl sites for hydroxylation is 1. The molecule has 1 atom stereocenters. The maximum absolute atomic E-state index is 13.0. The zero-order chi connectivity index (χ0) is 23.1. The molecule has 0 radical (unpaired) electrons. The number of hydrogen-bond acceptors (Lipinski definition) is 5. The molecule has 0 bridgehead atoms. The molecule has 0 saturated carbocycles. The molecule has 32 heavy (non-hydrogen) atoms. The van der Waals surface area contributed by atoms with Crippen LogP contribution in [0, 0.1) is 12.7 Å². The molecule has 0 saturated heterocycles. The summed E-state index contributed by atoms with van der Waals surface area (Å²) in [6, 6.07) is 12.5. The fourth-order valence-corrected chi connectivity index (χ4v) is 3.81. The molecule has 0 fully saturated rings. The third-order valence-corrected chi connectivity index (χ3v) is 5.61. The lowest BCUT2D eigenvalue weighted by Gasteiger charge is -2.16. The summed E-state index contributed by atoms with van der Waals surface area (Å²) >= 11 is 1.22. The second-order valence-electron chi connectivity index (χ2n) is 7.09. The number of amides is 2. The zero-order valence-electron chi connectivity index (χ0n) is 17.8. The second-order valence-corrected chi connectivity index (χ2v) is 8.04. The van der Waals surface area contributed by atoms with Gasteiger partial charge in [0.05, 0.1) is 11.8 Å². The third-order valence-electron chi connectivity index (χ3n) is 4.64. The second kappa shape index (κ2) is 10.7. The first kappa shape index (κ1) is 23.2. The Kier molecular flexibility index (Phi) is 7.77. The number of halogens is 1. The van der Waals surface area contributed by atoms with Crippen LogP contribution in [0.2, 0.25) is 0 Å². The molecule has 2 aromatic carbocycles. The number of hydrogen-bond donors (Lipinski definition) is 2. The molecule has 3 rings (SSSR count). The Bertz CT molecular complexity index is 1110. The molecular formula is C23H24FN5O2S. The van der Waals surface area contributed by atoms with E-state index in [0.717, 1.165) is 5.56 Å². The molecule has 9 heteroatoms. The number of anilines is 1. The standard InChI is InChI=1S/C23H24FN5O2S/c1-4-13-29-21(16(3)25-22(31)19-8-6-5-7-15(19)2)27-28-23(29)32-14-20(30)26-18-11-9-17(24)10-12-18/h4-12,16H,1,13-14H2,2-3H3,(H,25,31)(H,26,30)/t16-/m0/s1. The largest absolute Gasteiger partial charge is 0.342 e. The van der Waals surface area contributed by atoms with Crippen molar-refractivity contribution in [2.75, 3.05) is 11.1 Å². The van der Waals surface area contributed by atoms with E-state index in [-0.39, 0.29) is 23.4 Å². The van der Waals surface area contributed by atoms with Gasteiger partial charge in [-0.05, 0) is 49.7 Å². The number of rotatable bonds is 9.